The van der Waals surface area contributed by atoms with E-state index in [1.54, 1.807) is 14.2 Å². The van der Waals surface area contributed by atoms with Gasteiger partial charge in [-0.05, 0) is 37.5 Å². The van der Waals surface area contributed by atoms with Crippen molar-refractivity contribution in [2.75, 3.05) is 33.2 Å². The predicted octanol–water partition coefficient (Wildman–Crippen LogP) is 4.79. The Morgan fingerprint density at radius 1 is 1.14 bits per heavy atom. The SMILES string of the molecule is CNc1nc(C(C)C)ccc1-c1nc2c(C)cn(C(C)COC)c2cc1OC. The lowest BCUT2D eigenvalue weighted by Crippen LogP contribution is -2.10. The zero-order valence-corrected chi connectivity index (χ0v) is 17.8. The van der Waals surface area contributed by atoms with Gasteiger partial charge in [-0.2, -0.15) is 0 Å². The normalized spacial score (nSPS) is 12.6. The average molecular weight is 383 g/mol. The van der Waals surface area contributed by atoms with Crippen molar-refractivity contribution in [1.82, 2.24) is 14.5 Å². The number of pyridine rings is 2. The minimum atomic E-state index is 0.207. The second kappa shape index (κ2) is 8.19. The fourth-order valence-corrected chi connectivity index (χ4v) is 3.52. The number of hydrogen-bond donors (Lipinski definition) is 1. The minimum Gasteiger partial charge on any atom is -0.494 e. The lowest BCUT2D eigenvalue weighted by molar-refractivity contribution is 0.164. The zero-order valence-electron chi connectivity index (χ0n) is 17.8. The Kier molecular flexibility index (Phi) is 5.89. The molecule has 3 rings (SSSR count). The number of ether oxygens (including phenoxy) is 2. The molecule has 3 aromatic heterocycles. The highest BCUT2D eigenvalue weighted by atomic mass is 16.5. The van der Waals surface area contributed by atoms with E-state index in [9.17, 15) is 0 Å². The lowest BCUT2D eigenvalue weighted by atomic mass is 10.1. The first-order chi connectivity index (χ1) is 13.4. The molecule has 0 spiro atoms. The van der Waals surface area contributed by atoms with E-state index >= 15 is 0 Å². The van der Waals surface area contributed by atoms with Crippen molar-refractivity contribution in [1.29, 1.82) is 0 Å². The van der Waals surface area contributed by atoms with Gasteiger partial charge in [-0.15, -0.1) is 0 Å². The largest absolute Gasteiger partial charge is 0.494 e. The number of aryl methyl sites for hydroxylation is 1. The molecule has 1 atom stereocenters. The van der Waals surface area contributed by atoms with Crippen LogP contribution in [0.2, 0.25) is 0 Å². The molecule has 1 unspecified atom stereocenters. The van der Waals surface area contributed by atoms with Crippen LogP contribution in [0.1, 0.15) is 44.0 Å². The van der Waals surface area contributed by atoms with Crippen molar-refractivity contribution in [3.05, 3.63) is 35.7 Å². The summed E-state index contributed by atoms with van der Waals surface area (Å²) in [6.45, 7) is 9.13. The zero-order chi connectivity index (χ0) is 20.4. The quantitative estimate of drug-likeness (QED) is 0.637. The fourth-order valence-electron chi connectivity index (χ4n) is 3.52. The number of nitrogens with one attached hydrogen (secondary N) is 1. The maximum absolute atomic E-state index is 5.73. The molecule has 6 heteroatoms. The second-order valence-electron chi connectivity index (χ2n) is 7.47. The molecule has 3 heterocycles. The fraction of sp³-hybridized carbons (Fsp3) is 0.455. The van der Waals surface area contributed by atoms with E-state index in [0.717, 1.165) is 45.1 Å². The summed E-state index contributed by atoms with van der Waals surface area (Å²) in [4.78, 5) is 9.77. The predicted molar refractivity (Wildman–Crippen MR) is 114 cm³/mol. The van der Waals surface area contributed by atoms with Crippen LogP contribution in [0.4, 0.5) is 5.82 Å². The summed E-state index contributed by atoms with van der Waals surface area (Å²) in [5, 5.41) is 3.22. The van der Waals surface area contributed by atoms with E-state index in [0.29, 0.717) is 12.5 Å². The summed E-state index contributed by atoms with van der Waals surface area (Å²) >= 11 is 0. The van der Waals surface area contributed by atoms with Crippen molar-refractivity contribution >= 4 is 16.9 Å². The number of hydrogen-bond acceptors (Lipinski definition) is 5. The molecule has 0 amide bonds. The number of anilines is 1. The van der Waals surface area contributed by atoms with Crippen LogP contribution >= 0.6 is 0 Å². The first kappa shape index (κ1) is 20.1. The van der Waals surface area contributed by atoms with Crippen LogP contribution in [-0.2, 0) is 4.74 Å². The van der Waals surface area contributed by atoms with Gasteiger partial charge in [0.1, 0.15) is 17.3 Å². The Labute approximate surface area is 166 Å². The van der Waals surface area contributed by atoms with E-state index in [4.69, 9.17) is 19.4 Å². The smallest absolute Gasteiger partial charge is 0.147 e. The molecule has 3 aromatic rings. The van der Waals surface area contributed by atoms with Crippen molar-refractivity contribution in [2.45, 2.75) is 39.7 Å². The Hall–Kier alpha value is -2.60. The van der Waals surface area contributed by atoms with E-state index in [1.165, 1.54) is 0 Å². The molecule has 0 saturated carbocycles. The van der Waals surface area contributed by atoms with Crippen LogP contribution in [-0.4, -0.2) is 42.4 Å². The van der Waals surface area contributed by atoms with Crippen LogP contribution in [0.5, 0.6) is 5.75 Å². The van der Waals surface area contributed by atoms with Gasteiger partial charge in [-0.25, -0.2) is 9.97 Å². The Morgan fingerprint density at radius 2 is 1.89 bits per heavy atom. The summed E-state index contributed by atoms with van der Waals surface area (Å²) in [6.07, 6.45) is 2.13. The van der Waals surface area contributed by atoms with Crippen molar-refractivity contribution in [3.63, 3.8) is 0 Å². The molecule has 0 radical (unpaired) electrons. The monoisotopic (exact) mass is 382 g/mol. The van der Waals surface area contributed by atoms with Gasteiger partial charge >= 0.3 is 0 Å². The van der Waals surface area contributed by atoms with Gasteiger partial charge in [0.05, 0.1) is 30.8 Å². The molecule has 6 nitrogen and oxygen atoms in total. The standard InChI is InChI=1S/C22H30N4O2/c1-13(2)17-9-8-16(22(23-5)24-17)21-19(28-7)10-18-20(25-21)14(3)11-26(18)15(4)12-27-6/h8-11,13,15H,12H2,1-7H3,(H,23,24). The highest BCUT2D eigenvalue weighted by Gasteiger charge is 2.19. The summed E-state index contributed by atoms with van der Waals surface area (Å²) in [7, 11) is 5.29. The third-order valence-corrected chi connectivity index (χ3v) is 5.05. The third-order valence-electron chi connectivity index (χ3n) is 5.05. The average Bonchev–Trinajstić information content (AvgIpc) is 3.02. The highest BCUT2D eigenvalue weighted by molar-refractivity contribution is 5.88. The van der Waals surface area contributed by atoms with E-state index in [1.807, 2.05) is 7.05 Å². The number of fused-ring (bicyclic) bond motifs is 1. The molecule has 0 fully saturated rings. The topological polar surface area (TPSA) is 61.2 Å². The van der Waals surface area contributed by atoms with Crippen LogP contribution in [0.3, 0.4) is 0 Å². The molecular weight excluding hydrogens is 352 g/mol. The molecule has 28 heavy (non-hydrogen) atoms. The van der Waals surface area contributed by atoms with Crippen molar-refractivity contribution < 1.29 is 9.47 Å². The van der Waals surface area contributed by atoms with Crippen LogP contribution in [0.25, 0.3) is 22.3 Å². The van der Waals surface area contributed by atoms with Crippen molar-refractivity contribution in [2.24, 2.45) is 0 Å². The highest BCUT2D eigenvalue weighted by Crippen LogP contribution is 2.37. The number of aromatic nitrogens is 3. The maximum Gasteiger partial charge on any atom is 0.147 e. The lowest BCUT2D eigenvalue weighted by Gasteiger charge is -2.16. The molecule has 0 saturated heterocycles. The summed E-state index contributed by atoms with van der Waals surface area (Å²) < 4.78 is 13.3. The van der Waals surface area contributed by atoms with E-state index in [2.05, 4.69) is 62.0 Å². The van der Waals surface area contributed by atoms with Crippen LogP contribution in [0.15, 0.2) is 24.4 Å². The minimum absolute atomic E-state index is 0.207. The van der Waals surface area contributed by atoms with Gasteiger partial charge in [0.15, 0.2) is 0 Å². The molecule has 0 aliphatic heterocycles. The Bertz CT molecular complexity index is 978. The molecular formula is C22H30N4O2. The molecule has 0 aliphatic rings. The molecule has 0 bridgehead atoms. The van der Waals surface area contributed by atoms with Gasteiger partial charge in [0, 0.05) is 37.7 Å². The first-order valence-corrected chi connectivity index (χ1v) is 9.65. The third kappa shape index (κ3) is 3.56. The number of rotatable bonds is 7. The Morgan fingerprint density at radius 3 is 2.50 bits per heavy atom. The van der Waals surface area contributed by atoms with E-state index in [-0.39, 0.29) is 6.04 Å². The molecule has 1 N–H and O–H groups in total. The van der Waals surface area contributed by atoms with Crippen LogP contribution < -0.4 is 10.1 Å². The van der Waals surface area contributed by atoms with Crippen LogP contribution in [0, 0.1) is 6.92 Å². The van der Waals surface area contributed by atoms with Gasteiger partial charge in [0.2, 0.25) is 0 Å². The number of methoxy groups -OCH3 is 2. The number of nitrogens with zero attached hydrogens (tertiary/aromatic N) is 3. The van der Waals surface area contributed by atoms with Gasteiger partial charge in [-0.1, -0.05) is 13.8 Å². The summed E-state index contributed by atoms with van der Waals surface area (Å²) in [5.41, 5.74) is 5.91. The first-order valence-electron chi connectivity index (χ1n) is 9.65. The second-order valence-corrected chi connectivity index (χ2v) is 7.47. The maximum atomic E-state index is 5.73. The van der Waals surface area contributed by atoms with Gasteiger partial charge < -0.3 is 19.4 Å². The molecule has 0 aliphatic carbocycles. The summed E-state index contributed by atoms with van der Waals surface area (Å²) in [5.74, 6) is 1.89. The molecule has 150 valence electrons. The van der Waals surface area contributed by atoms with Gasteiger partial charge in [-0.3, -0.25) is 0 Å². The Balaban J connectivity index is 2.21. The molecule has 0 aromatic carbocycles. The summed E-state index contributed by atoms with van der Waals surface area (Å²) in [6, 6.07) is 6.40. The van der Waals surface area contributed by atoms with E-state index < -0.39 is 0 Å². The van der Waals surface area contributed by atoms with Gasteiger partial charge in [0.25, 0.3) is 0 Å². The van der Waals surface area contributed by atoms with Crippen molar-refractivity contribution in [3.8, 4) is 17.0 Å².